The summed E-state index contributed by atoms with van der Waals surface area (Å²) >= 11 is 1.13. The topological polar surface area (TPSA) is 104 Å². The van der Waals surface area contributed by atoms with Crippen LogP contribution in [-0.2, 0) is 4.79 Å². The molecule has 1 aliphatic heterocycles. The first kappa shape index (κ1) is 11.9. The molecule has 0 radical (unpaired) electrons. The van der Waals surface area contributed by atoms with Crippen LogP contribution < -0.4 is 16.6 Å². The van der Waals surface area contributed by atoms with Crippen LogP contribution >= 0.6 is 11.8 Å². The van der Waals surface area contributed by atoms with Gasteiger partial charge in [-0.1, -0.05) is 11.8 Å². The summed E-state index contributed by atoms with van der Waals surface area (Å²) in [5.41, 5.74) is -0.745. The monoisotopic (exact) mass is 257 g/mol. The van der Waals surface area contributed by atoms with Gasteiger partial charge >= 0.3 is 5.69 Å². The molecule has 92 valence electrons. The SMILES string of the molecule is Cc1cn([C@H]2S[C@H](CO)NC2=O)c(=O)[nH]c1=O. The Kier molecular flexibility index (Phi) is 3.07. The summed E-state index contributed by atoms with van der Waals surface area (Å²) in [6.07, 6.45) is 1.35. The summed E-state index contributed by atoms with van der Waals surface area (Å²) in [5, 5.41) is 10.3. The van der Waals surface area contributed by atoms with Gasteiger partial charge in [0.05, 0.1) is 6.61 Å². The van der Waals surface area contributed by atoms with E-state index in [-0.39, 0.29) is 12.5 Å². The molecule has 1 aromatic rings. The van der Waals surface area contributed by atoms with Crippen molar-refractivity contribution in [2.75, 3.05) is 6.61 Å². The first-order valence-corrected chi connectivity index (χ1v) is 5.86. The fraction of sp³-hybridized carbons (Fsp3) is 0.444. The molecule has 8 heteroatoms. The Morgan fingerprint density at radius 1 is 1.47 bits per heavy atom. The number of aliphatic hydroxyl groups is 1. The molecule has 1 saturated heterocycles. The van der Waals surface area contributed by atoms with E-state index in [0.29, 0.717) is 5.56 Å². The maximum Gasteiger partial charge on any atom is 0.329 e. The number of hydrogen-bond acceptors (Lipinski definition) is 5. The van der Waals surface area contributed by atoms with Gasteiger partial charge in [-0.3, -0.25) is 19.1 Å². The molecule has 1 aromatic heterocycles. The van der Waals surface area contributed by atoms with E-state index >= 15 is 0 Å². The predicted octanol–water partition coefficient (Wildman–Crippen LogP) is -1.47. The zero-order chi connectivity index (χ0) is 12.6. The van der Waals surface area contributed by atoms with Crippen LogP contribution in [0.3, 0.4) is 0 Å². The minimum absolute atomic E-state index is 0.204. The molecule has 1 amide bonds. The van der Waals surface area contributed by atoms with E-state index < -0.39 is 22.0 Å². The highest BCUT2D eigenvalue weighted by atomic mass is 32.2. The molecule has 2 rings (SSSR count). The number of carbonyl (C=O) groups is 1. The molecule has 7 nitrogen and oxygen atoms in total. The normalized spacial score (nSPS) is 23.8. The molecule has 17 heavy (non-hydrogen) atoms. The molecule has 0 aliphatic carbocycles. The van der Waals surface area contributed by atoms with E-state index in [4.69, 9.17) is 5.11 Å². The van der Waals surface area contributed by atoms with Gasteiger partial charge in [0.1, 0.15) is 5.37 Å². The number of nitrogens with one attached hydrogen (secondary N) is 2. The number of carbonyl (C=O) groups excluding carboxylic acids is 1. The molecule has 1 fully saturated rings. The summed E-state index contributed by atoms with van der Waals surface area (Å²) in [4.78, 5) is 36.5. The van der Waals surface area contributed by atoms with Gasteiger partial charge < -0.3 is 10.4 Å². The Hall–Kier alpha value is -1.54. The summed E-state index contributed by atoms with van der Waals surface area (Å²) < 4.78 is 1.16. The first-order chi connectivity index (χ1) is 8.02. The van der Waals surface area contributed by atoms with Crippen LogP contribution in [0.5, 0.6) is 0 Å². The molecule has 2 heterocycles. The van der Waals surface area contributed by atoms with Crippen LogP contribution in [0, 0.1) is 6.92 Å². The van der Waals surface area contributed by atoms with Crippen molar-refractivity contribution < 1.29 is 9.90 Å². The molecule has 0 unspecified atom stereocenters. The summed E-state index contributed by atoms with van der Waals surface area (Å²) in [5.74, 6) is -0.359. The number of amides is 1. The van der Waals surface area contributed by atoms with Crippen molar-refractivity contribution in [1.29, 1.82) is 0 Å². The van der Waals surface area contributed by atoms with Crippen molar-refractivity contribution in [3.8, 4) is 0 Å². The number of H-pyrrole nitrogens is 1. The summed E-state index contributed by atoms with van der Waals surface area (Å²) in [6, 6.07) is 0. The highest BCUT2D eigenvalue weighted by Gasteiger charge is 2.34. The van der Waals surface area contributed by atoms with Crippen molar-refractivity contribution in [3.05, 3.63) is 32.6 Å². The summed E-state index contributed by atoms with van der Waals surface area (Å²) in [7, 11) is 0. The Bertz CT molecular complexity index is 564. The van der Waals surface area contributed by atoms with Gasteiger partial charge in [0.25, 0.3) is 11.5 Å². The third-order valence-electron chi connectivity index (χ3n) is 2.39. The highest BCUT2D eigenvalue weighted by Crippen LogP contribution is 2.30. The van der Waals surface area contributed by atoms with Crippen LogP contribution in [0.1, 0.15) is 10.9 Å². The fourth-order valence-corrected chi connectivity index (χ4v) is 2.58. The van der Waals surface area contributed by atoms with Crippen LogP contribution in [0.2, 0.25) is 0 Å². The third-order valence-corrected chi connectivity index (χ3v) is 3.68. The van der Waals surface area contributed by atoms with Gasteiger partial charge in [0, 0.05) is 11.8 Å². The van der Waals surface area contributed by atoms with Crippen molar-refractivity contribution in [2.45, 2.75) is 17.7 Å². The predicted molar refractivity (Wildman–Crippen MR) is 61.7 cm³/mol. The van der Waals surface area contributed by atoms with Crippen LogP contribution in [0.25, 0.3) is 0 Å². The number of aromatic nitrogens is 2. The van der Waals surface area contributed by atoms with E-state index in [1.165, 1.54) is 6.20 Å². The second kappa shape index (κ2) is 4.38. The van der Waals surface area contributed by atoms with Crippen molar-refractivity contribution >= 4 is 17.7 Å². The van der Waals surface area contributed by atoms with E-state index in [1.54, 1.807) is 6.92 Å². The van der Waals surface area contributed by atoms with E-state index in [0.717, 1.165) is 16.3 Å². The van der Waals surface area contributed by atoms with Crippen molar-refractivity contribution in [1.82, 2.24) is 14.9 Å². The van der Waals surface area contributed by atoms with Crippen LogP contribution in [0.4, 0.5) is 0 Å². The van der Waals surface area contributed by atoms with Crippen LogP contribution in [-0.4, -0.2) is 32.5 Å². The minimum atomic E-state index is -0.754. The number of rotatable bonds is 2. The maximum atomic E-state index is 11.6. The number of hydrogen-bond donors (Lipinski definition) is 3. The Balaban J connectivity index is 2.42. The van der Waals surface area contributed by atoms with E-state index in [1.807, 2.05) is 0 Å². The number of aryl methyl sites for hydroxylation is 1. The standard InChI is InChI=1S/C9H11N3O4S/c1-4-2-12(9(16)11-6(4)14)8-7(15)10-5(3-13)17-8/h2,5,8,13H,3H2,1H3,(H,10,15)(H,11,14,16)/t5-,8+/m1/s1. The molecule has 0 saturated carbocycles. The molecule has 1 aliphatic rings. The zero-order valence-corrected chi connectivity index (χ0v) is 9.78. The molecule has 2 atom stereocenters. The lowest BCUT2D eigenvalue weighted by Crippen LogP contribution is -2.35. The van der Waals surface area contributed by atoms with Crippen LogP contribution in [0.15, 0.2) is 15.8 Å². The average molecular weight is 257 g/mol. The number of nitrogens with zero attached hydrogens (tertiary/aromatic N) is 1. The number of aromatic amines is 1. The minimum Gasteiger partial charge on any atom is -0.393 e. The maximum absolute atomic E-state index is 11.6. The van der Waals surface area contributed by atoms with Gasteiger partial charge in [-0.05, 0) is 6.92 Å². The third kappa shape index (κ3) is 2.13. The average Bonchev–Trinajstić information content (AvgIpc) is 2.65. The zero-order valence-electron chi connectivity index (χ0n) is 8.97. The molecule has 0 bridgehead atoms. The Morgan fingerprint density at radius 3 is 2.76 bits per heavy atom. The molecular weight excluding hydrogens is 246 g/mol. The van der Waals surface area contributed by atoms with Gasteiger partial charge in [-0.25, -0.2) is 4.79 Å². The fourth-order valence-electron chi connectivity index (χ4n) is 1.52. The lowest BCUT2D eigenvalue weighted by atomic mass is 10.4. The van der Waals surface area contributed by atoms with E-state index in [9.17, 15) is 14.4 Å². The van der Waals surface area contributed by atoms with Gasteiger partial charge in [0.2, 0.25) is 0 Å². The van der Waals surface area contributed by atoms with Gasteiger partial charge in [-0.2, -0.15) is 0 Å². The quantitative estimate of drug-likeness (QED) is 0.599. The second-order valence-corrected chi connectivity index (χ2v) is 4.93. The number of aliphatic hydroxyl groups excluding tert-OH is 1. The highest BCUT2D eigenvalue weighted by molar-refractivity contribution is 8.01. The van der Waals surface area contributed by atoms with Crippen molar-refractivity contribution in [2.24, 2.45) is 0 Å². The molecule has 0 aromatic carbocycles. The largest absolute Gasteiger partial charge is 0.393 e. The lowest BCUT2D eigenvalue weighted by Gasteiger charge is -2.10. The second-order valence-electron chi connectivity index (χ2n) is 3.65. The van der Waals surface area contributed by atoms with Gasteiger partial charge in [-0.15, -0.1) is 0 Å². The molecule has 0 spiro atoms. The van der Waals surface area contributed by atoms with Gasteiger partial charge in [0.15, 0.2) is 5.37 Å². The Labute approximate surface area is 99.9 Å². The lowest BCUT2D eigenvalue weighted by molar-refractivity contribution is -0.121. The summed E-state index contributed by atoms with van der Waals surface area (Å²) in [6.45, 7) is 1.35. The van der Waals surface area contributed by atoms with Crippen molar-refractivity contribution in [3.63, 3.8) is 0 Å². The first-order valence-electron chi connectivity index (χ1n) is 4.91. The number of thioether (sulfide) groups is 1. The molecular formula is C9H11N3O4S. The van der Waals surface area contributed by atoms with E-state index in [2.05, 4.69) is 10.3 Å². The smallest absolute Gasteiger partial charge is 0.329 e. The molecule has 3 N–H and O–H groups in total. The Morgan fingerprint density at radius 2 is 2.18 bits per heavy atom.